The summed E-state index contributed by atoms with van der Waals surface area (Å²) in [5, 5.41) is 0.799. The van der Waals surface area contributed by atoms with E-state index in [1.807, 2.05) is 33.8 Å². The van der Waals surface area contributed by atoms with Gasteiger partial charge < -0.3 is 4.74 Å². The fraction of sp³-hybridized carbons (Fsp3) is 0.400. The van der Waals surface area contributed by atoms with E-state index >= 15 is 0 Å². The van der Waals surface area contributed by atoms with Gasteiger partial charge in [0.25, 0.3) is 0 Å². The molecule has 3 nitrogen and oxygen atoms in total. The maximum Gasteiger partial charge on any atom is 0.228 e. The van der Waals surface area contributed by atoms with Crippen molar-refractivity contribution >= 4 is 16.8 Å². The highest BCUT2D eigenvalue weighted by Crippen LogP contribution is 2.29. The van der Waals surface area contributed by atoms with Crippen LogP contribution in [0.3, 0.4) is 0 Å². The van der Waals surface area contributed by atoms with E-state index in [1.54, 1.807) is 6.07 Å². The lowest BCUT2D eigenvalue weighted by Gasteiger charge is -2.21. The van der Waals surface area contributed by atoms with Crippen LogP contribution in [0.25, 0.3) is 10.9 Å². The number of halogens is 1. The molecule has 0 amide bonds. The van der Waals surface area contributed by atoms with Crippen molar-refractivity contribution in [3.8, 4) is 5.75 Å². The van der Waals surface area contributed by atoms with E-state index in [0.717, 1.165) is 11.1 Å². The van der Waals surface area contributed by atoms with E-state index in [4.69, 9.17) is 4.74 Å². The van der Waals surface area contributed by atoms with Crippen LogP contribution in [0.2, 0.25) is 0 Å². The Morgan fingerprint density at radius 3 is 2.42 bits per heavy atom. The number of fused-ring (bicyclic) bond motifs is 1. The molecule has 102 valence electrons. The molecule has 0 N–H and O–H groups in total. The number of aryl methyl sites for hydroxylation is 1. The largest absolute Gasteiger partial charge is 0.485 e. The maximum absolute atomic E-state index is 14.1. The molecule has 1 aromatic heterocycles. The number of hydrogen-bond acceptors (Lipinski definition) is 2. The second-order valence-corrected chi connectivity index (χ2v) is 5.70. The zero-order valence-corrected chi connectivity index (χ0v) is 11.9. The highest BCUT2D eigenvalue weighted by atomic mass is 19.1. The lowest BCUT2D eigenvalue weighted by atomic mass is 10.1. The molecule has 0 saturated heterocycles. The van der Waals surface area contributed by atoms with Crippen LogP contribution < -0.4 is 4.74 Å². The molecule has 0 fully saturated rings. The second-order valence-electron chi connectivity index (χ2n) is 5.70. The third-order valence-corrected chi connectivity index (χ3v) is 2.77. The Morgan fingerprint density at radius 1 is 1.26 bits per heavy atom. The molecule has 1 aromatic carbocycles. The molecule has 2 aromatic rings. The van der Waals surface area contributed by atoms with Crippen molar-refractivity contribution in [3.05, 3.63) is 29.7 Å². The molecular weight excluding hydrogens is 245 g/mol. The van der Waals surface area contributed by atoms with Crippen molar-refractivity contribution in [1.82, 2.24) is 4.57 Å². The van der Waals surface area contributed by atoms with Gasteiger partial charge >= 0.3 is 0 Å². The van der Waals surface area contributed by atoms with E-state index in [-0.39, 0.29) is 11.7 Å². The summed E-state index contributed by atoms with van der Waals surface area (Å²) >= 11 is 0. The highest BCUT2D eigenvalue weighted by molar-refractivity contribution is 5.93. The Kier molecular flexibility index (Phi) is 3.12. The summed E-state index contributed by atoms with van der Waals surface area (Å²) in [5.41, 5.74) is 0.894. The molecule has 0 unspecified atom stereocenters. The van der Waals surface area contributed by atoms with Crippen molar-refractivity contribution < 1.29 is 13.9 Å². The number of carbonyl (C=O) groups excluding carboxylic acids is 1. The van der Waals surface area contributed by atoms with Gasteiger partial charge in [-0.15, -0.1) is 0 Å². The average Bonchev–Trinajstić information content (AvgIpc) is 2.51. The van der Waals surface area contributed by atoms with E-state index < -0.39 is 11.4 Å². The summed E-state index contributed by atoms with van der Waals surface area (Å²) in [6.45, 7) is 8.88. The standard InChI is InChI=1S/C15H18FNO2/c1-9-6-11-7-14(19-15(3,4)5)12(16)8-13(11)17(9)10(2)18/h6-8H,1-5H3. The lowest BCUT2D eigenvalue weighted by molar-refractivity contribution is 0.0939. The molecule has 0 aliphatic heterocycles. The summed E-state index contributed by atoms with van der Waals surface area (Å²) in [6, 6.07) is 4.85. The third kappa shape index (κ3) is 2.62. The van der Waals surface area contributed by atoms with Crippen LogP contribution in [-0.2, 0) is 0 Å². The maximum atomic E-state index is 14.1. The Bertz CT molecular complexity index is 650. The van der Waals surface area contributed by atoms with Gasteiger partial charge in [-0.25, -0.2) is 4.39 Å². The van der Waals surface area contributed by atoms with Gasteiger partial charge in [-0.05, 0) is 39.8 Å². The van der Waals surface area contributed by atoms with Crippen molar-refractivity contribution in [1.29, 1.82) is 0 Å². The molecule has 4 heteroatoms. The summed E-state index contributed by atoms with van der Waals surface area (Å²) in [4.78, 5) is 11.6. The van der Waals surface area contributed by atoms with E-state index in [2.05, 4.69) is 0 Å². The fourth-order valence-electron chi connectivity index (χ4n) is 2.17. The quantitative estimate of drug-likeness (QED) is 0.780. The first-order valence-corrected chi connectivity index (χ1v) is 6.20. The first-order valence-electron chi connectivity index (χ1n) is 6.20. The Morgan fingerprint density at radius 2 is 1.89 bits per heavy atom. The minimum Gasteiger partial charge on any atom is -0.485 e. The number of aromatic nitrogens is 1. The Hall–Kier alpha value is -1.84. The molecule has 19 heavy (non-hydrogen) atoms. The number of nitrogens with zero attached hydrogens (tertiary/aromatic N) is 1. The van der Waals surface area contributed by atoms with Gasteiger partial charge in [-0.2, -0.15) is 0 Å². The Labute approximate surface area is 112 Å². The van der Waals surface area contributed by atoms with Crippen LogP contribution in [0.4, 0.5) is 4.39 Å². The minimum atomic E-state index is -0.466. The molecule has 0 spiro atoms. The molecule has 1 heterocycles. The highest BCUT2D eigenvalue weighted by Gasteiger charge is 2.18. The SMILES string of the molecule is CC(=O)n1c(C)cc2cc(OC(C)(C)C)c(F)cc21. The molecule has 0 saturated carbocycles. The van der Waals surface area contributed by atoms with Gasteiger partial charge in [0.2, 0.25) is 5.91 Å². The predicted octanol–water partition coefficient (Wildman–Crippen LogP) is 3.93. The van der Waals surface area contributed by atoms with Gasteiger partial charge in [-0.3, -0.25) is 9.36 Å². The monoisotopic (exact) mass is 263 g/mol. The molecule has 0 atom stereocenters. The predicted molar refractivity (Wildman–Crippen MR) is 73.3 cm³/mol. The lowest BCUT2D eigenvalue weighted by Crippen LogP contribution is -2.23. The number of hydrogen-bond donors (Lipinski definition) is 0. The number of carbonyl (C=O) groups is 1. The normalized spacial score (nSPS) is 11.9. The van der Waals surface area contributed by atoms with Gasteiger partial charge in [0.05, 0.1) is 5.52 Å². The van der Waals surface area contributed by atoms with Crippen LogP contribution in [0, 0.1) is 12.7 Å². The van der Waals surface area contributed by atoms with Gasteiger partial charge in [0.15, 0.2) is 11.6 Å². The molecule has 0 bridgehead atoms. The summed E-state index contributed by atoms with van der Waals surface area (Å²) < 4.78 is 21.1. The first kappa shape index (κ1) is 13.6. The summed E-state index contributed by atoms with van der Waals surface area (Å²) in [5.74, 6) is -0.375. The van der Waals surface area contributed by atoms with Crippen molar-refractivity contribution in [2.45, 2.75) is 40.2 Å². The van der Waals surface area contributed by atoms with E-state index in [0.29, 0.717) is 5.52 Å². The number of ether oxygens (including phenoxy) is 1. The fourth-order valence-corrected chi connectivity index (χ4v) is 2.17. The molecule has 0 aliphatic rings. The molecule has 2 rings (SSSR count). The van der Waals surface area contributed by atoms with Gasteiger partial charge in [0, 0.05) is 24.1 Å². The smallest absolute Gasteiger partial charge is 0.228 e. The third-order valence-electron chi connectivity index (χ3n) is 2.77. The van der Waals surface area contributed by atoms with Crippen LogP contribution in [0.5, 0.6) is 5.75 Å². The number of rotatable bonds is 1. The van der Waals surface area contributed by atoms with Crippen molar-refractivity contribution in [2.24, 2.45) is 0 Å². The zero-order chi connectivity index (χ0) is 14.4. The van der Waals surface area contributed by atoms with E-state index in [1.165, 1.54) is 17.6 Å². The average molecular weight is 263 g/mol. The molecular formula is C15H18FNO2. The zero-order valence-electron chi connectivity index (χ0n) is 11.9. The minimum absolute atomic E-state index is 0.128. The van der Waals surface area contributed by atoms with Crippen LogP contribution in [0.1, 0.15) is 38.2 Å². The van der Waals surface area contributed by atoms with E-state index in [9.17, 15) is 9.18 Å². The van der Waals surface area contributed by atoms with Crippen LogP contribution in [-0.4, -0.2) is 16.1 Å². The molecule has 0 radical (unpaired) electrons. The number of benzene rings is 1. The summed E-state index contributed by atoms with van der Waals surface area (Å²) in [6.07, 6.45) is 0. The van der Waals surface area contributed by atoms with Crippen LogP contribution >= 0.6 is 0 Å². The molecule has 0 aliphatic carbocycles. The van der Waals surface area contributed by atoms with Crippen LogP contribution in [0.15, 0.2) is 18.2 Å². The topological polar surface area (TPSA) is 31.2 Å². The Balaban J connectivity index is 2.62. The van der Waals surface area contributed by atoms with Gasteiger partial charge in [0.1, 0.15) is 5.60 Å². The first-order chi connectivity index (χ1) is 8.69. The summed E-state index contributed by atoms with van der Waals surface area (Å²) in [7, 11) is 0. The van der Waals surface area contributed by atoms with Crippen molar-refractivity contribution in [3.63, 3.8) is 0 Å². The van der Waals surface area contributed by atoms with Crippen molar-refractivity contribution in [2.75, 3.05) is 0 Å². The second kappa shape index (κ2) is 4.37. The van der Waals surface area contributed by atoms with Gasteiger partial charge in [-0.1, -0.05) is 0 Å².